The van der Waals surface area contributed by atoms with Crippen LogP contribution in [0.1, 0.15) is 23.8 Å². The maximum absolute atomic E-state index is 13.2. The Morgan fingerprint density at radius 2 is 2.17 bits per heavy atom. The van der Waals surface area contributed by atoms with Gasteiger partial charge in [0.2, 0.25) is 0 Å². The van der Waals surface area contributed by atoms with E-state index >= 15 is 0 Å². The summed E-state index contributed by atoms with van der Waals surface area (Å²) >= 11 is 0. The molecule has 1 N–H and O–H groups in total. The number of pyridine rings is 1. The van der Waals surface area contributed by atoms with Crippen molar-refractivity contribution in [2.45, 2.75) is 13.3 Å². The van der Waals surface area contributed by atoms with Gasteiger partial charge >= 0.3 is 0 Å². The fraction of sp³-hybridized carbons (Fsp3) is 0.444. The topological polar surface area (TPSA) is 79.4 Å². The number of carbonyl (C=O) groups excluding carboxylic acids is 3. The van der Waals surface area contributed by atoms with Crippen molar-refractivity contribution in [1.29, 1.82) is 0 Å². The Hall–Kier alpha value is -2.50. The van der Waals surface area contributed by atoms with Crippen LogP contribution < -0.4 is 5.43 Å². The Bertz CT molecular complexity index is 896. The zero-order valence-corrected chi connectivity index (χ0v) is 13.0. The monoisotopic (exact) mass is 321 g/mol. The van der Waals surface area contributed by atoms with E-state index < -0.39 is 16.7 Å². The van der Waals surface area contributed by atoms with E-state index in [4.69, 9.17) is 0 Å². The molecule has 6 rings (SSSR count). The summed E-state index contributed by atoms with van der Waals surface area (Å²) in [7, 11) is 0. The van der Waals surface area contributed by atoms with Crippen molar-refractivity contribution in [3.8, 4) is 0 Å². The highest BCUT2D eigenvalue weighted by Crippen LogP contribution is 3.00. The molecule has 120 valence electrons. The highest BCUT2D eigenvalue weighted by molar-refractivity contribution is 6.19. The first-order chi connectivity index (χ1) is 11.5. The number of piperidine rings is 1. The van der Waals surface area contributed by atoms with Gasteiger partial charge in [-0.2, -0.15) is 5.01 Å². The van der Waals surface area contributed by atoms with E-state index in [0.717, 1.165) is 11.4 Å². The Labute approximate surface area is 137 Å². The number of aromatic nitrogens is 1. The molecule has 24 heavy (non-hydrogen) atoms. The van der Waals surface area contributed by atoms with Crippen molar-refractivity contribution in [2.24, 2.45) is 34.0 Å². The van der Waals surface area contributed by atoms with Crippen LogP contribution >= 0.6 is 0 Å². The molecule has 4 fully saturated rings. The van der Waals surface area contributed by atoms with E-state index in [0.29, 0.717) is 11.8 Å². The molecular weight excluding hydrogens is 306 g/mol. The van der Waals surface area contributed by atoms with Crippen LogP contribution in [0.2, 0.25) is 0 Å². The van der Waals surface area contributed by atoms with E-state index in [9.17, 15) is 14.4 Å². The zero-order valence-electron chi connectivity index (χ0n) is 13.0. The molecule has 2 bridgehead atoms. The maximum Gasteiger partial charge on any atom is 0.288 e. The average Bonchev–Trinajstić information content (AvgIpc) is 3.41. The first kappa shape index (κ1) is 12.9. The van der Waals surface area contributed by atoms with Crippen LogP contribution in [0.3, 0.4) is 0 Å². The van der Waals surface area contributed by atoms with Crippen molar-refractivity contribution in [1.82, 2.24) is 15.4 Å². The van der Waals surface area contributed by atoms with Crippen molar-refractivity contribution >= 4 is 17.7 Å². The van der Waals surface area contributed by atoms with Crippen molar-refractivity contribution in [3.63, 3.8) is 0 Å². The molecule has 5 aliphatic rings. The van der Waals surface area contributed by atoms with Gasteiger partial charge in [-0.25, -0.2) is 0 Å². The number of carbonyl (C=O) groups is 3. The summed E-state index contributed by atoms with van der Waals surface area (Å²) in [5, 5.41) is 0.958. The number of allylic oxidation sites excluding steroid dienone is 2. The van der Waals surface area contributed by atoms with Gasteiger partial charge in [-0.05, 0) is 43.2 Å². The summed E-state index contributed by atoms with van der Waals surface area (Å²) in [4.78, 5) is 42.5. The predicted molar refractivity (Wildman–Crippen MR) is 80.8 cm³/mol. The fourth-order valence-corrected chi connectivity index (χ4v) is 6.63. The van der Waals surface area contributed by atoms with Crippen LogP contribution in [0, 0.1) is 34.0 Å². The number of hydrogen-bond donors (Lipinski definition) is 1. The van der Waals surface area contributed by atoms with E-state index in [2.05, 4.69) is 22.6 Å². The number of nitrogens with zero attached hydrogens (tertiary/aromatic N) is 2. The second-order valence-corrected chi connectivity index (χ2v) is 7.79. The minimum atomic E-state index is -0.689. The standard InChI is InChI=1S/C18H15N3O3/c1-16-14(23)21(20-13(22)12-4-2-3-7-19-12)15(24)18(16)10-5-6-17(16,18)11-8-9(10)11/h2-7,9-11H,8H2,1H3,(H,20,22)/t9?,10?,11?,16-,17?,18+/m0/s1. The minimum absolute atomic E-state index is 0.153. The van der Waals surface area contributed by atoms with Crippen LogP contribution in [-0.4, -0.2) is 27.7 Å². The van der Waals surface area contributed by atoms with Crippen molar-refractivity contribution in [3.05, 3.63) is 42.2 Å². The molecule has 3 saturated carbocycles. The number of hydrazine groups is 1. The third-order valence-electron chi connectivity index (χ3n) is 7.44. The molecule has 6 atom stereocenters. The lowest BCUT2D eigenvalue weighted by Crippen LogP contribution is -2.51. The summed E-state index contributed by atoms with van der Waals surface area (Å²) < 4.78 is 0. The van der Waals surface area contributed by atoms with Crippen LogP contribution in [0.15, 0.2) is 36.5 Å². The molecule has 1 aromatic rings. The van der Waals surface area contributed by atoms with Gasteiger partial charge in [0.25, 0.3) is 17.7 Å². The van der Waals surface area contributed by atoms with Gasteiger partial charge in [-0.3, -0.25) is 24.8 Å². The third-order valence-corrected chi connectivity index (χ3v) is 7.44. The first-order valence-electron chi connectivity index (χ1n) is 8.32. The molecule has 3 amide bonds. The minimum Gasteiger partial charge on any atom is -0.272 e. The van der Waals surface area contributed by atoms with Crippen molar-refractivity contribution < 1.29 is 14.4 Å². The van der Waals surface area contributed by atoms with Crippen molar-refractivity contribution in [2.75, 3.05) is 0 Å². The Morgan fingerprint density at radius 3 is 2.92 bits per heavy atom. The second kappa shape index (κ2) is 3.31. The van der Waals surface area contributed by atoms with Gasteiger partial charge in [0.1, 0.15) is 5.69 Å². The summed E-state index contributed by atoms with van der Waals surface area (Å²) in [6.45, 7) is 1.91. The highest BCUT2D eigenvalue weighted by atomic mass is 16.2. The van der Waals surface area contributed by atoms with Gasteiger partial charge in [0, 0.05) is 11.6 Å². The average molecular weight is 321 g/mol. The quantitative estimate of drug-likeness (QED) is 0.649. The molecule has 4 unspecified atom stereocenters. The van der Waals surface area contributed by atoms with Gasteiger partial charge < -0.3 is 0 Å². The summed E-state index contributed by atoms with van der Waals surface area (Å²) in [5.41, 5.74) is 1.07. The molecule has 0 radical (unpaired) electrons. The first-order valence-corrected chi connectivity index (χ1v) is 8.32. The Balaban J connectivity index is 1.37. The van der Waals surface area contributed by atoms with E-state index in [1.54, 1.807) is 18.2 Å². The number of rotatable bonds is 2. The van der Waals surface area contributed by atoms with Gasteiger partial charge in [-0.1, -0.05) is 18.2 Å². The van der Waals surface area contributed by atoms with Crippen LogP contribution in [0.5, 0.6) is 0 Å². The summed E-state index contributed by atoms with van der Waals surface area (Å²) in [6, 6.07) is 4.95. The smallest absolute Gasteiger partial charge is 0.272 e. The normalized spacial score (nSPS) is 48.2. The molecule has 1 spiro atoms. The van der Waals surface area contributed by atoms with Crippen LogP contribution in [-0.2, 0) is 9.59 Å². The van der Waals surface area contributed by atoms with Crippen LogP contribution in [0.4, 0.5) is 0 Å². The summed E-state index contributed by atoms with van der Waals surface area (Å²) in [6.07, 6.45) is 6.88. The Morgan fingerprint density at radius 1 is 1.33 bits per heavy atom. The highest BCUT2D eigenvalue weighted by Gasteiger charge is 3.05. The predicted octanol–water partition coefficient (Wildman–Crippen LogP) is 0.924. The second-order valence-electron chi connectivity index (χ2n) is 7.79. The van der Waals surface area contributed by atoms with Crippen LogP contribution in [0.25, 0.3) is 0 Å². The molecular formula is C18H15N3O3. The number of imide groups is 1. The molecule has 6 nitrogen and oxygen atoms in total. The lowest BCUT2D eigenvalue weighted by atomic mass is 9.80. The number of fused-ring (bicyclic) bond motifs is 2. The van der Waals surface area contributed by atoms with Gasteiger partial charge in [-0.15, -0.1) is 0 Å². The van der Waals surface area contributed by atoms with Gasteiger partial charge in [0.15, 0.2) is 0 Å². The Kier molecular flexibility index (Phi) is 1.78. The zero-order chi connectivity index (χ0) is 16.5. The lowest BCUT2D eigenvalue weighted by molar-refractivity contribution is -0.148. The number of amides is 3. The third kappa shape index (κ3) is 0.892. The fourth-order valence-electron chi connectivity index (χ4n) is 6.63. The SMILES string of the molecule is C[C@@]12C(=O)N(NC(=O)c3ccccn3)C(=O)[C@]13C1C=CC23C2CC21. The molecule has 1 aromatic heterocycles. The molecule has 6 heteroatoms. The molecule has 1 aliphatic heterocycles. The number of hydrogen-bond acceptors (Lipinski definition) is 4. The molecule has 1 saturated heterocycles. The lowest BCUT2D eigenvalue weighted by Gasteiger charge is -2.25. The largest absolute Gasteiger partial charge is 0.288 e. The molecule has 4 aliphatic carbocycles. The number of nitrogens with one attached hydrogen (secondary N) is 1. The van der Waals surface area contributed by atoms with E-state index in [1.807, 2.05) is 6.92 Å². The van der Waals surface area contributed by atoms with E-state index in [1.165, 1.54) is 6.20 Å². The molecule has 0 aromatic carbocycles. The maximum atomic E-state index is 13.2. The summed E-state index contributed by atoms with van der Waals surface area (Å²) in [5.74, 6) is 0.139. The van der Waals surface area contributed by atoms with E-state index in [-0.39, 0.29) is 28.8 Å². The van der Waals surface area contributed by atoms with Gasteiger partial charge in [0.05, 0.1) is 10.8 Å². The molecule has 2 heterocycles.